The third-order valence-electron chi connectivity index (χ3n) is 3.42. The van der Waals surface area contributed by atoms with Crippen LogP contribution in [0.3, 0.4) is 0 Å². The monoisotopic (exact) mass is 193 g/mol. The Hall–Kier alpha value is -1.76. The maximum atomic E-state index is 2.45. The van der Waals surface area contributed by atoms with Gasteiger partial charge >= 0.3 is 0 Å². The number of anilines is 1. The number of benzene rings is 2. The van der Waals surface area contributed by atoms with Crippen molar-refractivity contribution in [3.63, 3.8) is 0 Å². The summed E-state index contributed by atoms with van der Waals surface area (Å²) in [5.74, 6) is 0. The Balaban J connectivity index is 1.94. The predicted molar refractivity (Wildman–Crippen MR) is 62.0 cm³/mol. The molecule has 0 aliphatic carbocycles. The van der Waals surface area contributed by atoms with Gasteiger partial charge in [0.25, 0.3) is 0 Å². The van der Waals surface area contributed by atoms with Gasteiger partial charge in [0.05, 0.1) is 6.04 Å². The van der Waals surface area contributed by atoms with E-state index >= 15 is 0 Å². The molecule has 72 valence electrons. The molecule has 2 aromatic rings. The molecule has 1 atom stereocenters. The summed E-state index contributed by atoms with van der Waals surface area (Å²) in [5, 5.41) is 0. The van der Waals surface area contributed by atoms with Crippen LogP contribution in [0, 0.1) is 0 Å². The van der Waals surface area contributed by atoms with Gasteiger partial charge in [-0.05, 0) is 17.2 Å². The summed E-state index contributed by atoms with van der Waals surface area (Å²) in [5.41, 5.74) is 5.78. The standard InChI is InChI=1S/C14H11N/c1-2-5-10(6-3-1)11-7-4-8-12-14(11)13-9-15(12)13/h1-8,13H,9H2. The molecule has 2 aliphatic rings. The molecule has 15 heavy (non-hydrogen) atoms. The summed E-state index contributed by atoms with van der Waals surface area (Å²) in [4.78, 5) is 2.45. The quantitative estimate of drug-likeness (QED) is 0.628. The van der Waals surface area contributed by atoms with E-state index in [2.05, 4.69) is 53.4 Å². The molecular weight excluding hydrogens is 182 g/mol. The van der Waals surface area contributed by atoms with Gasteiger partial charge in [-0.3, -0.25) is 0 Å². The van der Waals surface area contributed by atoms with Gasteiger partial charge in [-0.2, -0.15) is 0 Å². The van der Waals surface area contributed by atoms with Crippen molar-refractivity contribution in [2.24, 2.45) is 0 Å². The van der Waals surface area contributed by atoms with Gasteiger partial charge in [0.2, 0.25) is 0 Å². The lowest BCUT2D eigenvalue weighted by Crippen LogP contribution is -2.09. The topological polar surface area (TPSA) is 3.01 Å². The van der Waals surface area contributed by atoms with Gasteiger partial charge in [-0.25, -0.2) is 0 Å². The van der Waals surface area contributed by atoms with E-state index in [1.54, 1.807) is 5.56 Å². The van der Waals surface area contributed by atoms with Gasteiger partial charge in [0, 0.05) is 17.8 Å². The molecule has 0 spiro atoms. The van der Waals surface area contributed by atoms with Crippen molar-refractivity contribution in [3.05, 3.63) is 54.1 Å². The smallest absolute Gasteiger partial charge is 0.0745 e. The highest BCUT2D eigenvalue weighted by Gasteiger charge is 2.48. The summed E-state index contributed by atoms with van der Waals surface area (Å²) in [7, 11) is 0. The number of nitrogens with zero attached hydrogens (tertiary/aromatic N) is 1. The molecule has 0 saturated carbocycles. The zero-order valence-electron chi connectivity index (χ0n) is 8.35. The number of fused-ring (bicyclic) bond motifs is 4. The first-order chi connectivity index (χ1) is 7.45. The first-order valence-electron chi connectivity index (χ1n) is 5.40. The van der Waals surface area contributed by atoms with Crippen LogP contribution in [0.5, 0.6) is 0 Å². The summed E-state index contributed by atoms with van der Waals surface area (Å²) < 4.78 is 0. The van der Waals surface area contributed by atoms with Crippen LogP contribution in [-0.4, -0.2) is 6.54 Å². The van der Waals surface area contributed by atoms with Gasteiger partial charge in [0.15, 0.2) is 0 Å². The van der Waals surface area contributed by atoms with Crippen molar-refractivity contribution < 1.29 is 0 Å². The fourth-order valence-corrected chi connectivity index (χ4v) is 2.61. The Bertz CT molecular complexity index is 530. The predicted octanol–water partition coefficient (Wildman–Crippen LogP) is 3.23. The Morgan fingerprint density at radius 1 is 0.933 bits per heavy atom. The zero-order chi connectivity index (χ0) is 9.83. The molecule has 0 aromatic heterocycles. The van der Waals surface area contributed by atoms with E-state index in [0.717, 1.165) is 6.04 Å². The molecule has 2 heterocycles. The Kier molecular flexibility index (Phi) is 1.22. The second-order valence-electron chi connectivity index (χ2n) is 4.27. The van der Waals surface area contributed by atoms with Crippen LogP contribution < -0.4 is 4.90 Å². The lowest BCUT2D eigenvalue weighted by Gasteiger charge is -2.23. The fraction of sp³-hybridized carbons (Fsp3) is 0.143. The molecule has 0 N–H and O–H groups in total. The minimum atomic E-state index is 0.733. The zero-order valence-corrected chi connectivity index (χ0v) is 8.35. The fourth-order valence-electron chi connectivity index (χ4n) is 2.61. The first kappa shape index (κ1) is 7.52. The largest absolute Gasteiger partial charge is 0.360 e. The van der Waals surface area contributed by atoms with Crippen LogP contribution >= 0.6 is 0 Å². The van der Waals surface area contributed by atoms with E-state index in [4.69, 9.17) is 0 Å². The SMILES string of the molecule is c1ccc(-c2cccc3c2C2CN32)cc1. The third-order valence-corrected chi connectivity index (χ3v) is 3.42. The Morgan fingerprint density at radius 3 is 2.67 bits per heavy atom. The average Bonchev–Trinajstić information content (AvgIpc) is 3.01. The lowest BCUT2D eigenvalue weighted by atomic mass is 9.93. The maximum Gasteiger partial charge on any atom is 0.0745 e. The molecule has 1 unspecified atom stereocenters. The summed E-state index contributed by atoms with van der Waals surface area (Å²) in [6.07, 6.45) is 0. The van der Waals surface area contributed by atoms with Crippen LogP contribution in [0.25, 0.3) is 11.1 Å². The summed E-state index contributed by atoms with van der Waals surface area (Å²) >= 11 is 0. The molecule has 1 nitrogen and oxygen atoms in total. The number of hydrogen-bond donors (Lipinski definition) is 0. The van der Waals surface area contributed by atoms with Crippen molar-refractivity contribution in [1.82, 2.24) is 0 Å². The first-order valence-corrected chi connectivity index (χ1v) is 5.40. The molecule has 0 bridgehead atoms. The second-order valence-corrected chi connectivity index (χ2v) is 4.27. The maximum absolute atomic E-state index is 2.45. The van der Waals surface area contributed by atoms with Crippen molar-refractivity contribution in [2.45, 2.75) is 6.04 Å². The third kappa shape index (κ3) is 0.878. The van der Waals surface area contributed by atoms with Crippen LogP contribution in [0.4, 0.5) is 5.69 Å². The number of hydrogen-bond acceptors (Lipinski definition) is 1. The Morgan fingerprint density at radius 2 is 1.80 bits per heavy atom. The van der Waals surface area contributed by atoms with E-state index in [0.29, 0.717) is 0 Å². The van der Waals surface area contributed by atoms with Crippen LogP contribution in [0.15, 0.2) is 48.5 Å². The van der Waals surface area contributed by atoms with Crippen LogP contribution in [0.2, 0.25) is 0 Å². The van der Waals surface area contributed by atoms with Gasteiger partial charge in [0.1, 0.15) is 0 Å². The minimum Gasteiger partial charge on any atom is -0.360 e. The van der Waals surface area contributed by atoms with E-state index < -0.39 is 0 Å². The van der Waals surface area contributed by atoms with E-state index in [1.165, 1.54) is 23.4 Å². The van der Waals surface area contributed by atoms with Crippen LogP contribution in [0.1, 0.15) is 11.6 Å². The number of rotatable bonds is 1. The molecule has 2 aliphatic heterocycles. The highest BCUT2D eigenvalue weighted by atomic mass is 15.4. The van der Waals surface area contributed by atoms with Crippen molar-refractivity contribution in [2.75, 3.05) is 11.4 Å². The minimum absolute atomic E-state index is 0.733. The molecule has 2 aromatic carbocycles. The van der Waals surface area contributed by atoms with Crippen LogP contribution in [-0.2, 0) is 0 Å². The highest BCUT2D eigenvalue weighted by molar-refractivity contribution is 5.85. The van der Waals surface area contributed by atoms with Crippen molar-refractivity contribution in [3.8, 4) is 11.1 Å². The summed E-state index contributed by atoms with van der Waals surface area (Å²) in [6, 6.07) is 18.0. The van der Waals surface area contributed by atoms with Gasteiger partial charge in [-0.15, -0.1) is 0 Å². The molecule has 0 amide bonds. The molecular formula is C14H11N. The average molecular weight is 193 g/mol. The van der Waals surface area contributed by atoms with Gasteiger partial charge < -0.3 is 4.90 Å². The van der Waals surface area contributed by atoms with E-state index in [-0.39, 0.29) is 0 Å². The summed E-state index contributed by atoms with van der Waals surface area (Å²) in [6.45, 7) is 1.24. The molecule has 1 heteroatoms. The molecule has 1 saturated heterocycles. The lowest BCUT2D eigenvalue weighted by molar-refractivity contribution is 1.04. The van der Waals surface area contributed by atoms with E-state index in [1.807, 2.05) is 0 Å². The second kappa shape index (κ2) is 2.43. The molecule has 0 radical (unpaired) electrons. The van der Waals surface area contributed by atoms with E-state index in [9.17, 15) is 0 Å². The van der Waals surface area contributed by atoms with Crippen molar-refractivity contribution >= 4 is 5.69 Å². The molecule has 1 fully saturated rings. The normalized spacial score (nSPS) is 20.3. The Labute approximate surface area is 89.0 Å². The molecule has 4 rings (SSSR count). The van der Waals surface area contributed by atoms with Crippen molar-refractivity contribution in [1.29, 1.82) is 0 Å². The highest BCUT2D eigenvalue weighted by Crippen LogP contribution is 2.57. The van der Waals surface area contributed by atoms with Gasteiger partial charge in [-0.1, -0.05) is 42.5 Å².